The highest BCUT2D eigenvalue weighted by Crippen LogP contribution is 2.24. The Hall–Kier alpha value is -2.44. The van der Waals surface area contributed by atoms with Crippen LogP contribution in [0.15, 0.2) is 47.5 Å². The molecule has 0 aliphatic carbocycles. The van der Waals surface area contributed by atoms with Crippen LogP contribution in [0.1, 0.15) is 50.5 Å². The van der Waals surface area contributed by atoms with Gasteiger partial charge in [0.2, 0.25) is 0 Å². The summed E-state index contributed by atoms with van der Waals surface area (Å²) in [5, 5.41) is 0. The van der Waals surface area contributed by atoms with E-state index in [0.717, 1.165) is 16.0 Å². The maximum Gasteiger partial charge on any atom is 0.279 e. The van der Waals surface area contributed by atoms with Gasteiger partial charge in [-0.05, 0) is 55.2 Å². The Labute approximate surface area is 182 Å². The first kappa shape index (κ1) is 22.2. The highest BCUT2D eigenvalue weighted by molar-refractivity contribution is 7.16. The zero-order valence-corrected chi connectivity index (χ0v) is 19.2. The van der Waals surface area contributed by atoms with Crippen LogP contribution in [0.3, 0.4) is 0 Å². The molecule has 0 N–H and O–H groups in total. The van der Waals surface area contributed by atoms with Gasteiger partial charge < -0.3 is 14.0 Å². The average Bonchev–Trinajstić information content (AvgIpc) is 3.04. The Morgan fingerprint density at radius 1 is 1.07 bits per heavy atom. The maximum atomic E-state index is 12.9. The Kier molecular flexibility index (Phi) is 7.10. The molecule has 0 saturated carbocycles. The molecule has 0 aliphatic rings. The number of amides is 1. The Morgan fingerprint density at radius 3 is 2.43 bits per heavy atom. The van der Waals surface area contributed by atoms with Crippen molar-refractivity contribution in [2.45, 2.75) is 46.6 Å². The molecule has 0 fully saturated rings. The van der Waals surface area contributed by atoms with Crippen molar-refractivity contribution >= 4 is 27.5 Å². The molecule has 0 aliphatic heterocycles. The number of carbonyl (C=O) groups is 1. The zero-order valence-electron chi connectivity index (χ0n) is 18.4. The first-order valence-corrected chi connectivity index (χ1v) is 11.2. The predicted octanol–water partition coefficient (Wildman–Crippen LogP) is 5.18. The highest BCUT2D eigenvalue weighted by atomic mass is 32.1. The molecule has 6 heteroatoms. The van der Waals surface area contributed by atoms with Gasteiger partial charge in [0.15, 0.2) is 4.80 Å². The summed E-state index contributed by atoms with van der Waals surface area (Å²) < 4.78 is 14.2. The maximum absolute atomic E-state index is 12.9. The van der Waals surface area contributed by atoms with Crippen molar-refractivity contribution in [3.8, 4) is 5.75 Å². The summed E-state index contributed by atoms with van der Waals surface area (Å²) in [6.45, 7) is 12.9. The van der Waals surface area contributed by atoms with Crippen molar-refractivity contribution in [2.24, 2.45) is 4.99 Å². The van der Waals surface area contributed by atoms with Gasteiger partial charge in [0.05, 0.1) is 23.4 Å². The van der Waals surface area contributed by atoms with Gasteiger partial charge in [0.25, 0.3) is 5.91 Å². The van der Waals surface area contributed by atoms with Gasteiger partial charge in [-0.1, -0.05) is 44.2 Å². The van der Waals surface area contributed by atoms with E-state index in [1.165, 1.54) is 16.9 Å². The second-order valence-electron chi connectivity index (χ2n) is 8.04. The van der Waals surface area contributed by atoms with E-state index in [0.29, 0.717) is 36.7 Å². The quantitative estimate of drug-likeness (QED) is 0.489. The van der Waals surface area contributed by atoms with E-state index in [9.17, 15) is 4.79 Å². The molecule has 0 spiro atoms. The number of aromatic nitrogens is 1. The standard InChI is InChI=1S/C24H30N2O3S/c1-6-28-15-14-26-20-13-12-19(29-7-2)16-21(20)30-23(26)25-22(27)17-8-10-18(11-9-17)24(3,4)5/h8-13,16H,6-7,14-15H2,1-5H3. The number of thiazole rings is 1. The van der Waals surface area contributed by atoms with Gasteiger partial charge >= 0.3 is 0 Å². The highest BCUT2D eigenvalue weighted by Gasteiger charge is 2.15. The number of benzene rings is 2. The first-order chi connectivity index (χ1) is 14.3. The Balaban J connectivity index is 2.00. The third-order valence-electron chi connectivity index (χ3n) is 4.82. The minimum absolute atomic E-state index is 0.0464. The summed E-state index contributed by atoms with van der Waals surface area (Å²) in [6.07, 6.45) is 0. The van der Waals surface area contributed by atoms with Crippen molar-refractivity contribution in [3.63, 3.8) is 0 Å². The summed E-state index contributed by atoms with van der Waals surface area (Å²) in [7, 11) is 0. The Morgan fingerprint density at radius 2 is 1.80 bits per heavy atom. The molecule has 1 aromatic heterocycles. The number of hydrogen-bond acceptors (Lipinski definition) is 4. The molecule has 1 heterocycles. The van der Waals surface area contributed by atoms with Crippen LogP contribution in [-0.4, -0.2) is 30.3 Å². The molecule has 0 unspecified atom stereocenters. The van der Waals surface area contributed by atoms with Gasteiger partial charge in [-0.15, -0.1) is 0 Å². The summed E-state index contributed by atoms with van der Waals surface area (Å²) in [4.78, 5) is 18.0. The smallest absolute Gasteiger partial charge is 0.279 e. The molecule has 5 nitrogen and oxygen atoms in total. The van der Waals surface area contributed by atoms with E-state index >= 15 is 0 Å². The van der Waals surface area contributed by atoms with E-state index in [1.54, 1.807) is 0 Å². The lowest BCUT2D eigenvalue weighted by Crippen LogP contribution is -2.19. The summed E-state index contributed by atoms with van der Waals surface area (Å²) in [6, 6.07) is 13.7. The lowest BCUT2D eigenvalue weighted by Gasteiger charge is -2.18. The molecular weight excluding hydrogens is 396 g/mol. The number of fused-ring (bicyclic) bond motifs is 1. The molecule has 0 radical (unpaired) electrons. The SMILES string of the molecule is CCOCCn1c(=NC(=O)c2ccc(C(C)(C)C)cc2)sc2cc(OCC)ccc21. The number of ether oxygens (including phenoxy) is 2. The fraction of sp³-hybridized carbons (Fsp3) is 0.417. The second-order valence-corrected chi connectivity index (χ2v) is 9.05. The number of rotatable bonds is 7. The Bertz CT molecular complexity index is 1070. The van der Waals surface area contributed by atoms with Crippen molar-refractivity contribution < 1.29 is 14.3 Å². The van der Waals surface area contributed by atoms with Crippen LogP contribution in [0.2, 0.25) is 0 Å². The van der Waals surface area contributed by atoms with Crippen LogP contribution >= 0.6 is 11.3 Å². The van der Waals surface area contributed by atoms with Crippen LogP contribution in [0.5, 0.6) is 5.75 Å². The number of nitrogens with zero attached hydrogens (tertiary/aromatic N) is 2. The average molecular weight is 427 g/mol. The van der Waals surface area contributed by atoms with E-state index in [2.05, 4.69) is 25.8 Å². The van der Waals surface area contributed by atoms with Crippen LogP contribution in [-0.2, 0) is 16.7 Å². The predicted molar refractivity (Wildman–Crippen MR) is 123 cm³/mol. The van der Waals surface area contributed by atoms with E-state index in [-0.39, 0.29) is 11.3 Å². The zero-order chi connectivity index (χ0) is 21.7. The van der Waals surface area contributed by atoms with Gasteiger partial charge in [-0.2, -0.15) is 4.99 Å². The minimum atomic E-state index is -0.239. The molecule has 0 atom stereocenters. The number of carbonyl (C=O) groups excluding carboxylic acids is 1. The van der Waals surface area contributed by atoms with Crippen molar-refractivity contribution in [2.75, 3.05) is 19.8 Å². The second kappa shape index (κ2) is 9.58. The van der Waals surface area contributed by atoms with Crippen LogP contribution in [0.25, 0.3) is 10.2 Å². The number of hydrogen-bond donors (Lipinski definition) is 0. The van der Waals surface area contributed by atoms with Gasteiger partial charge in [0, 0.05) is 18.7 Å². The lowest BCUT2D eigenvalue weighted by atomic mass is 9.87. The van der Waals surface area contributed by atoms with Crippen molar-refractivity contribution in [1.82, 2.24) is 4.57 Å². The fourth-order valence-corrected chi connectivity index (χ4v) is 4.26. The van der Waals surface area contributed by atoms with E-state index < -0.39 is 0 Å². The van der Waals surface area contributed by atoms with Gasteiger partial charge in [-0.25, -0.2) is 0 Å². The monoisotopic (exact) mass is 426 g/mol. The van der Waals surface area contributed by atoms with Crippen LogP contribution < -0.4 is 9.54 Å². The molecular formula is C24H30N2O3S. The molecule has 1 amide bonds. The summed E-state index contributed by atoms with van der Waals surface area (Å²) in [5.74, 6) is 0.580. The van der Waals surface area contributed by atoms with Crippen molar-refractivity contribution in [1.29, 1.82) is 0 Å². The van der Waals surface area contributed by atoms with Crippen molar-refractivity contribution in [3.05, 3.63) is 58.4 Å². The van der Waals surface area contributed by atoms with Gasteiger partial charge in [-0.3, -0.25) is 4.79 Å². The molecule has 0 bridgehead atoms. The van der Waals surface area contributed by atoms with Gasteiger partial charge in [0.1, 0.15) is 5.75 Å². The summed E-state index contributed by atoms with van der Waals surface area (Å²) >= 11 is 1.49. The third-order valence-corrected chi connectivity index (χ3v) is 5.86. The molecule has 0 saturated heterocycles. The third kappa shape index (κ3) is 5.18. The van der Waals surface area contributed by atoms with E-state index in [4.69, 9.17) is 9.47 Å². The normalized spacial score (nSPS) is 12.5. The summed E-state index contributed by atoms with van der Waals surface area (Å²) in [5.41, 5.74) is 2.85. The molecule has 2 aromatic carbocycles. The minimum Gasteiger partial charge on any atom is -0.494 e. The topological polar surface area (TPSA) is 52.8 Å². The molecule has 160 valence electrons. The fourth-order valence-electron chi connectivity index (χ4n) is 3.18. The van der Waals surface area contributed by atoms with Crippen LogP contribution in [0.4, 0.5) is 0 Å². The lowest BCUT2D eigenvalue weighted by molar-refractivity contribution is 0.0996. The largest absolute Gasteiger partial charge is 0.494 e. The van der Waals surface area contributed by atoms with Crippen LogP contribution in [0, 0.1) is 0 Å². The molecule has 3 rings (SSSR count). The molecule has 30 heavy (non-hydrogen) atoms. The first-order valence-electron chi connectivity index (χ1n) is 10.4. The van der Waals surface area contributed by atoms with E-state index in [1.807, 2.05) is 60.9 Å². The molecule has 3 aromatic rings.